The number of halogens is 2. The topological polar surface area (TPSA) is 29.5 Å². The van der Waals surface area contributed by atoms with Gasteiger partial charge in [0.15, 0.2) is 0 Å². The van der Waals surface area contributed by atoms with Crippen LogP contribution in [0, 0.1) is 3.57 Å². The summed E-state index contributed by atoms with van der Waals surface area (Å²) in [5.74, 6) is 0.812. The Kier molecular flexibility index (Phi) is 5.24. The highest BCUT2D eigenvalue weighted by molar-refractivity contribution is 14.1. The van der Waals surface area contributed by atoms with E-state index >= 15 is 0 Å². The molecular weight excluding hydrogens is 419 g/mol. The van der Waals surface area contributed by atoms with Crippen molar-refractivity contribution in [3.8, 4) is 5.75 Å². The molecule has 0 aliphatic heterocycles. The van der Waals surface area contributed by atoms with Crippen LogP contribution in [0.5, 0.6) is 5.75 Å². The maximum absolute atomic E-state index is 10.4. The van der Waals surface area contributed by atoms with Gasteiger partial charge in [-0.15, -0.1) is 0 Å². The summed E-state index contributed by atoms with van der Waals surface area (Å²) in [7, 11) is 1.65. The molecule has 2 aromatic rings. The van der Waals surface area contributed by atoms with Gasteiger partial charge in [-0.2, -0.15) is 0 Å². The van der Waals surface area contributed by atoms with Gasteiger partial charge in [0.05, 0.1) is 13.2 Å². The Morgan fingerprint density at radius 3 is 2.74 bits per heavy atom. The van der Waals surface area contributed by atoms with Crippen LogP contribution in [0.2, 0.25) is 0 Å². The molecule has 0 spiro atoms. The standard InChI is InChI=1S/C15H14BrIO2/c1-19-15-5-3-2-4-10(15)8-14(18)12-9-11(16)6-7-13(12)17/h2-7,9,14,18H,8H2,1H3. The molecular formula is C15H14BrIO2. The van der Waals surface area contributed by atoms with Crippen molar-refractivity contribution < 1.29 is 9.84 Å². The number of methoxy groups -OCH3 is 1. The lowest BCUT2D eigenvalue weighted by molar-refractivity contribution is 0.176. The van der Waals surface area contributed by atoms with Crippen molar-refractivity contribution in [3.63, 3.8) is 0 Å². The minimum Gasteiger partial charge on any atom is -0.496 e. The van der Waals surface area contributed by atoms with Crippen molar-refractivity contribution in [3.05, 3.63) is 61.6 Å². The number of ether oxygens (including phenoxy) is 1. The molecule has 0 amide bonds. The van der Waals surface area contributed by atoms with Crippen molar-refractivity contribution in [1.82, 2.24) is 0 Å². The first kappa shape index (κ1) is 14.8. The summed E-state index contributed by atoms with van der Waals surface area (Å²) >= 11 is 5.68. The molecule has 0 saturated carbocycles. The SMILES string of the molecule is COc1ccccc1CC(O)c1cc(Br)ccc1I. The molecule has 2 rings (SSSR count). The van der Waals surface area contributed by atoms with Gasteiger partial charge >= 0.3 is 0 Å². The van der Waals surface area contributed by atoms with E-state index in [1.54, 1.807) is 7.11 Å². The summed E-state index contributed by atoms with van der Waals surface area (Å²) in [4.78, 5) is 0. The van der Waals surface area contributed by atoms with Crippen LogP contribution in [-0.2, 0) is 6.42 Å². The van der Waals surface area contributed by atoms with E-state index in [4.69, 9.17) is 4.74 Å². The first-order valence-electron chi connectivity index (χ1n) is 5.86. The van der Waals surface area contributed by atoms with Gasteiger partial charge in [0.1, 0.15) is 5.75 Å². The quantitative estimate of drug-likeness (QED) is 0.728. The lowest BCUT2D eigenvalue weighted by Gasteiger charge is -2.15. The Morgan fingerprint density at radius 1 is 1.26 bits per heavy atom. The predicted molar refractivity (Wildman–Crippen MR) is 88.5 cm³/mol. The molecule has 0 aliphatic carbocycles. The van der Waals surface area contributed by atoms with Crippen molar-refractivity contribution in [2.45, 2.75) is 12.5 Å². The van der Waals surface area contributed by atoms with Crippen LogP contribution in [0.3, 0.4) is 0 Å². The lowest BCUT2D eigenvalue weighted by atomic mass is 10.0. The van der Waals surface area contributed by atoms with E-state index in [0.717, 1.165) is 24.9 Å². The highest BCUT2D eigenvalue weighted by Crippen LogP contribution is 2.29. The van der Waals surface area contributed by atoms with Crippen LogP contribution in [0.4, 0.5) is 0 Å². The van der Waals surface area contributed by atoms with Crippen molar-refractivity contribution in [2.24, 2.45) is 0 Å². The molecule has 19 heavy (non-hydrogen) atoms. The number of hydrogen-bond acceptors (Lipinski definition) is 2. The second kappa shape index (κ2) is 6.72. The molecule has 0 bridgehead atoms. The van der Waals surface area contributed by atoms with Gasteiger partial charge in [-0.3, -0.25) is 0 Å². The molecule has 0 radical (unpaired) electrons. The molecule has 0 aromatic heterocycles. The molecule has 2 nitrogen and oxygen atoms in total. The molecule has 0 fully saturated rings. The van der Waals surface area contributed by atoms with Crippen LogP contribution >= 0.6 is 38.5 Å². The van der Waals surface area contributed by atoms with Crippen molar-refractivity contribution >= 4 is 38.5 Å². The fraction of sp³-hybridized carbons (Fsp3) is 0.200. The third-order valence-corrected chi connectivity index (χ3v) is 4.40. The van der Waals surface area contributed by atoms with E-state index in [2.05, 4.69) is 38.5 Å². The molecule has 1 atom stereocenters. The largest absolute Gasteiger partial charge is 0.496 e. The summed E-state index contributed by atoms with van der Waals surface area (Å²) < 4.78 is 7.35. The number of para-hydroxylation sites is 1. The zero-order valence-electron chi connectivity index (χ0n) is 10.4. The third-order valence-electron chi connectivity index (χ3n) is 2.92. The van der Waals surface area contributed by atoms with Gasteiger partial charge in [-0.25, -0.2) is 0 Å². The van der Waals surface area contributed by atoms with Crippen LogP contribution < -0.4 is 4.74 Å². The monoisotopic (exact) mass is 432 g/mol. The van der Waals surface area contributed by atoms with E-state index in [1.165, 1.54) is 0 Å². The Balaban J connectivity index is 2.25. The van der Waals surface area contributed by atoms with E-state index < -0.39 is 6.10 Å². The number of hydrogen-bond donors (Lipinski definition) is 1. The van der Waals surface area contributed by atoms with Crippen LogP contribution in [0.1, 0.15) is 17.2 Å². The zero-order valence-corrected chi connectivity index (χ0v) is 14.2. The summed E-state index contributed by atoms with van der Waals surface area (Å²) in [5, 5.41) is 10.4. The van der Waals surface area contributed by atoms with Gasteiger partial charge in [0.2, 0.25) is 0 Å². The van der Waals surface area contributed by atoms with E-state index in [9.17, 15) is 5.11 Å². The van der Waals surface area contributed by atoms with Crippen molar-refractivity contribution in [2.75, 3.05) is 7.11 Å². The van der Waals surface area contributed by atoms with Crippen LogP contribution in [0.25, 0.3) is 0 Å². The molecule has 0 saturated heterocycles. The summed E-state index contributed by atoms with van der Waals surface area (Å²) in [6, 6.07) is 13.7. The minimum atomic E-state index is -0.541. The molecule has 100 valence electrons. The van der Waals surface area contributed by atoms with Gasteiger partial charge in [0.25, 0.3) is 0 Å². The van der Waals surface area contributed by atoms with E-state index in [1.807, 2.05) is 42.5 Å². The maximum atomic E-state index is 10.4. The average molecular weight is 433 g/mol. The van der Waals surface area contributed by atoms with Gasteiger partial charge < -0.3 is 9.84 Å². The average Bonchev–Trinajstić information content (AvgIpc) is 2.42. The fourth-order valence-corrected chi connectivity index (χ4v) is 3.03. The Bertz CT molecular complexity index is 572. The lowest BCUT2D eigenvalue weighted by Crippen LogP contribution is -2.05. The molecule has 2 aromatic carbocycles. The summed E-state index contributed by atoms with van der Waals surface area (Å²) in [6.07, 6.45) is -0.00286. The molecule has 1 unspecified atom stereocenters. The summed E-state index contributed by atoms with van der Waals surface area (Å²) in [6.45, 7) is 0. The second-order valence-corrected chi connectivity index (χ2v) is 6.28. The smallest absolute Gasteiger partial charge is 0.122 e. The van der Waals surface area contributed by atoms with Gasteiger partial charge in [-0.1, -0.05) is 34.1 Å². The third kappa shape index (κ3) is 3.70. The van der Waals surface area contributed by atoms with E-state index in [0.29, 0.717) is 6.42 Å². The highest BCUT2D eigenvalue weighted by atomic mass is 127. The molecule has 0 aliphatic rings. The number of benzene rings is 2. The molecule has 4 heteroatoms. The highest BCUT2D eigenvalue weighted by Gasteiger charge is 2.14. The predicted octanol–water partition coefficient (Wildman–Crippen LogP) is 4.34. The van der Waals surface area contributed by atoms with E-state index in [-0.39, 0.29) is 0 Å². The second-order valence-electron chi connectivity index (χ2n) is 4.20. The zero-order chi connectivity index (χ0) is 13.8. The van der Waals surface area contributed by atoms with Gasteiger partial charge in [-0.05, 0) is 58.0 Å². The number of aliphatic hydroxyl groups is 1. The fourth-order valence-electron chi connectivity index (χ4n) is 1.96. The maximum Gasteiger partial charge on any atom is 0.122 e. The van der Waals surface area contributed by atoms with Crippen molar-refractivity contribution in [1.29, 1.82) is 0 Å². The van der Waals surface area contributed by atoms with Crippen LogP contribution in [-0.4, -0.2) is 12.2 Å². The normalized spacial score (nSPS) is 12.2. The summed E-state index contributed by atoms with van der Waals surface area (Å²) in [5.41, 5.74) is 1.94. The number of rotatable bonds is 4. The van der Waals surface area contributed by atoms with Crippen LogP contribution in [0.15, 0.2) is 46.9 Å². The number of aliphatic hydroxyl groups excluding tert-OH is 1. The minimum absolute atomic E-state index is 0.538. The Labute approximate surface area is 135 Å². The molecule has 1 N–H and O–H groups in total. The molecule has 0 heterocycles. The first-order chi connectivity index (χ1) is 9.11. The first-order valence-corrected chi connectivity index (χ1v) is 7.74. The Morgan fingerprint density at radius 2 is 2.00 bits per heavy atom. The Hall–Kier alpha value is -0.590. The van der Waals surface area contributed by atoms with Gasteiger partial charge in [0, 0.05) is 14.5 Å².